The molecule has 0 aliphatic rings. The van der Waals surface area contributed by atoms with E-state index in [9.17, 15) is 4.79 Å². The molecule has 2 rings (SSSR count). The summed E-state index contributed by atoms with van der Waals surface area (Å²) < 4.78 is 5.28. The van der Waals surface area contributed by atoms with Crippen LogP contribution in [0.1, 0.15) is 21.2 Å². The summed E-state index contributed by atoms with van der Waals surface area (Å²) in [4.78, 5) is 11.9. The molecular formula is C16H12ClNO2S. The second kappa shape index (κ2) is 7.72. The van der Waals surface area contributed by atoms with Crippen LogP contribution >= 0.6 is 23.4 Å². The predicted octanol–water partition coefficient (Wildman–Crippen LogP) is 4.45. The Morgan fingerprint density at radius 1 is 1.19 bits per heavy atom. The molecule has 0 heterocycles. The van der Waals surface area contributed by atoms with Gasteiger partial charge in [0, 0.05) is 5.02 Å². The van der Waals surface area contributed by atoms with Crippen LogP contribution in [0.3, 0.4) is 0 Å². The molecule has 0 aliphatic heterocycles. The average Bonchev–Trinajstić information content (AvgIpc) is 2.53. The molecule has 1 unspecified atom stereocenters. The lowest BCUT2D eigenvalue weighted by atomic mass is 10.1. The van der Waals surface area contributed by atoms with E-state index in [1.54, 1.807) is 36.4 Å². The third-order valence-corrected chi connectivity index (χ3v) is 3.86. The summed E-state index contributed by atoms with van der Waals surface area (Å²) in [5, 5.41) is 11.3. The monoisotopic (exact) mass is 317 g/mol. The summed E-state index contributed by atoms with van der Waals surface area (Å²) in [6.07, 6.45) is 0. The highest BCUT2D eigenvalue weighted by atomic mass is 35.5. The lowest BCUT2D eigenvalue weighted by molar-refractivity contribution is 0.0506. The van der Waals surface area contributed by atoms with Crippen molar-refractivity contribution in [1.29, 1.82) is 5.26 Å². The summed E-state index contributed by atoms with van der Waals surface area (Å²) in [7, 11) is 0. The maximum absolute atomic E-state index is 11.9. The summed E-state index contributed by atoms with van der Waals surface area (Å²) in [5.74, 6) is -0.395. The van der Waals surface area contributed by atoms with E-state index < -0.39 is 5.97 Å². The van der Waals surface area contributed by atoms with E-state index in [1.165, 1.54) is 0 Å². The topological polar surface area (TPSA) is 50.1 Å². The Labute approximate surface area is 132 Å². The van der Waals surface area contributed by atoms with Crippen LogP contribution in [-0.4, -0.2) is 12.6 Å². The molecule has 2 aromatic rings. The Balaban J connectivity index is 2.02. The number of hydrogen-bond acceptors (Lipinski definition) is 4. The number of ether oxygens (including phenoxy) is 1. The van der Waals surface area contributed by atoms with Gasteiger partial charge in [-0.2, -0.15) is 5.26 Å². The minimum absolute atomic E-state index is 0.133. The largest absolute Gasteiger partial charge is 0.461 e. The normalized spacial score (nSPS) is 11.4. The van der Waals surface area contributed by atoms with Crippen LogP contribution in [0, 0.1) is 10.7 Å². The van der Waals surface area contributed by atoms with Gasteiger partial charge in [-0.3, -0.25) is 0 Å². The van der Waals surface area contributed by atoms with Crippen molar-refractivity contribution in [2.45, 2.75) is 5.25 Å². The number of nitrogens with zero attached hydrogens (tertiary/aromatic N) is 1. The second-order valence-corrected chi connectivity index (χ2v) is 5.64. The first-order valence-corrected chi connectivity index (χ1v) is 7.49. The Bertz CT molecular complexity index is 638. The van der Waals surface area contributed by atoms with Crippen molar-refractivity contribution in [2.24, 2.45) is 0 Å². The number of thiocyanates is 1. The molecule has 0 aromatic heterocycles. The van der Waals surface area contributed by atoms with Crippen molar-refractivity contribution < 1.29 is 9.53 Å². The molecule has 0 radical (unpaired) electrons. The quantitative estimate of drug-likeness (QED) is 0.603. The SMILES string of the molecule is N#CSC(COC(=O)c1ccccc1)c1ccc(Cl)cc1. The Kier molecular flexibility index (Phi) is 5.68. The molecule has 0 spiro atoms. The molecule has 0 saturated heterocycles. The number of nitriles is 1. The molecular weight excluding hydrogens is 306 g/mol. The molecule has 0 saturated carbocycles. The van der Waals surface area contributed by atoms with Gasteiger partial charge in [0.05, 0.1) is 10.8 Å². The third-order valence-electron chi connectivity index (χ3n) is 2.81. The van der Waals surface area contributed by atoms with Crippen molar-refractivity contribution in [3.05, 3.63) is 70.7 Å². The van der Waals surface area contributed by atoms with Crippen LogP contribution in [0.5, 0.6) is 0 Å². The van der Waals surface area contributed by atoms with Gasteiger partial charge in [0.1, 0.15) is 12.0 Å². The van der Waals surface area contributed by atoms with E-state index in [1.807, 2.05) is 23.6 Å². The first-order chi connectivity index (χ1) is 10.2. The van der Waals surface area contributed by atoms with Gasteiger partial charge in [-0.15, -0.1) is 0 Å². The van der Waals surface area contributed by atoms with Gasteiger partial charge in [0.25, 0.3) is 0 Å². The molecule has 0 bridgehead atoms. The maximum Gasteiger partial charge on any atom is 0.338 e. The molecule has 1 atom stereocenters. The van der Waals surface area contributed by atoms with Gasteiger partial charge in [0.2, 0.25) is 0 Å². The zero-order chi connectivity index (χ0) is 15.1. The van der Waals surface area contributed by atoms with E-state index in [0.29, 0.717) is 10.6 Å². The summed E-state index contributed by atoms with van der Waals surface area (Å²) in [6.45, 7) is 0.133. The lowest BCUT2D eigenvalue weighted by Gasteiger charge is -2.13. The van der Waals surface area contributed by atoms with Crippen molar-refractivity contribution in [3.63, 3.8) is 0 Å². The number of halogens is 1. The first-order valence-electron chi connectivity index (χ1n) is 6.23. The van der Waals surface area contributed by atoms with Crippen LogP contribution in [0.25, 0.3) is 0 Å². The number of hydrogen-bond donors (Lipinski definition) is 0. The van der Waals surface area contributed by atoms with Crippen LogP contribution in [0.2, 0.25) is 5.02 Å². The van der Waals surface area contributed by atoms with Crippen molar-refractivity contribution in [1.82, 2.24) is 0 Å². The third kappa shape index (κ3) is 4.52. The summed E-state index contributed by atoms with van der Waals surface area (Å²) >= 11 is 6.90. The van der Waals surface area contributed by atoms with Crippen molar-refractivity contribution in [3.8, 4) is 5.40 Å². The number of esters is 1. The summed E-state index contributed by atoms with van der Waals surface area (Å²) in [5.41, 5.74) is 1.39. The van der Waals surface area contributed by atoms with Gasteiger partial charge < -0.3 is 4.74 Å². The fourth-order valence-corrected chi connectivity index (χ4v) is 2.43. The van der Waals surface area contributed by atoms with E-state index in [0.717, 1.165) is 17.3 Å². The van der Waals surface area contributed by atoms with Crippen LogP contribution in [0.15, 0.2) is 54.6 Å². The highest BCUT2D eigenvalue weighted by molar-refractivity contribution is 8.03. The fourth-order valence-electron chi connectivity index (χ4n) is 1.75. The Hall–Kier alpha value is -1.96. The smallest absolute Gasteiger partial charge is 0.338 e. The maximum atomic E-state index is 11.9. The van der Waals surface area contributed by atoms with Gasteiger partial charge in [-0.1, -0.05) is 41.9 Å². The minimum Gasteiger partial charge on any atom is -0.461 e. The number of thioether (sulfide) groups is 1. The zero-order valence-corrected chi connectivity index (χ0v) is 12.6. The van der Waals surface area contributed by atoms with Crippen LogP contribution < -0.4 is 0 Å². The van der Waals surface area contributed by atoms with Gasteiger partial charge in [-0.05, 0) is 41.6 Å². The molecule has 0 N–H and O–H groups in total. The molecule has 5 heteroatoms. The molecule has 106 valence electrons. The molecule has 3 nitrogen and oxygen atoms in total. The standard InChI is InChI=1S/C16H12ClNO2S/c17-14-8-6-12(7-9-14)15(21-11-18)10-20-16(19)13-4-2-1-3-5-13/h1-9,15H,10H2. The molecule has 0 aliphatic carbocycles. The van der Waals surface area contributed by atoms with Gasteiger partial charge in [-0.25, -0.2) is 4.79 Å². The number of benzene rings is 2. The van der Waals surface area contributed by atoms with Gasteiger partial charge >= 0.3 is 5.97 Å². The molecule has 0 fully saturated rings. The van der Waals surface area contributed by atoms with Crippen LogP contribution in [-0.2, 0) is 4.74 Å². The molecule has 0 amide bonds. The van der Waals surface area contributed by atoms with Gasteiger partial charge in [0.15, 0.2) is 0 Å². The highest BCUT2D eigenvalue weighted by Crippen LogP contribution is 2.29. The fraction of sp³-hybridized carbons (Fsp3) is 0.125. The van der Waals surface area contributed by atoms with E-state index in [-0.39, 0.29) is 11.9 Å². The molecule has 21 heavy (non-hydrogen) atoms. The van der Waals surface area contributed by atoms with E-state index >= 15 is 0 Å². The Morgan fingerprint density at radius 3 is 2.48 bits per heavy atom. The first kappa shape index (κ1) is 15.4. The second-order valence-electron chi connectivity index (χ2n) is 4.21. The van der Waals surface area contributed by atoms with Crippen LogP contribution in [0.4, 0.5) is 0 Å². The van der Waals surface area contributed by atoms with E-state index in [4.69, 9.17) is 21.6 Å². The Morgan fingerprint density at radius 2 is 1.86 bits per heavy atom. The predicted molar refractivity (Wildman–Crippen MR) is 84.1 cm³/mol. The summed E-state index contributed by atoms with van der Waals surface area (Å²) in [6, 6.07) is 15.9. The van der Waals surface area contributed by atoms with Crippen molar-refractivity contribution in [2.75, 3.05) is 6.61 Å². The number of carbonyl (C=O) groups excluding carboxylic acids is 1. The average molecular weight is 318 g/mol. The molecule has 2 aromatic carbocycles. The van der Waals surface area contributed by atoms with Crippen molar-refractivity contribution >= 4 is 29.3 Å². The number of rotatable bonds is 5. The highest BCUT2D eigenvalue weighted by Gasteiger charge is 2.16. The zero-order valence-electron chi connectivity index (χ0n) is 11.0. The number of carbonyl (C=O) groups is 1. The lowest BCUT2D eigenvalue weighted by Crippen LogP contribution is -2.11. The minimum atomic E-state index is -0.395. The van der Waals surface area contributed by atoms with E-state index in [2.05, 4.69) is 0 Å².